The molecule has 0 fully saturated rings. The van der Waals surface area contributed by atoms with Crippen molar-refractivity contribution in [1.29, 1.82) is 0 Å². The maximum Gasteiger partial charge on any atom is 0.153 e. The summed E-state index contributed by atoms with van der Waals surface area (Å²) in [6.45, 7) is 4.06. The number of aromatic amines is 1. The first-order valence-corrected chi connectivity index (χ1v) is 7.67. The zero-order valence-corrected chi connectivity index (χ0v) is 13.4. The van der Waals surface area contributed by atoms with Gasteiger partial charge in [-0.15, -0.1) is 0 Å². The lowest BCUT2D eigenvalue weighted by molar-refractivity contribution is 0.626. The van der Waals surface area contributed by atoms with Crippen LogP contribution >= 0.6 is 23.8 Å². The van der Waals surface area contributed by atoms with Crippen molar-refractivity contribution in [2.75, 3.05) is 0 Å². The lowest BCUT2D eigenvalue weighted by atomic mass is 10.2. The van der Waals surface area contributed by atoms with E-state index in [-0.39, 0.29) is 0 Å². The second kappa shape index (κ2) is 5.62. The number of hydrogen-bond donors (Lipinski definition) is 1. The second-order valence-corrected chi connectivity index (χ2v) is 5.80. The molecule has 0 bridgehead atoms. The van der Waals surface area contributed by atoms with Gasteiger partial charge in [-0.1, -0.05) is 42.9 Å². The van der Waals surface area contributed by atoms with Gasteiger partial charge in [-0.05, 0) is 25.5 Å². The van der Waals surface area contributed by atoms with Gasteiger partial charge in [0.25, 0.3) is 0 Å². The molecule has 3 rings (SSSR count). The number of nitrogens with zero attached hydrogens (tertiary/aromatic N) is 1. The largest absolute Gasteiger partial charge is 0.453 e. The van der Waals surface area contributed by atoms with Gasteiger partial charge in [0.1, 0.15) is 10.5 Å². The molecule has 1 N–H and O–H groups in total. The summed E-state index contributed by atoms with van der Waals surface area (Å²) in [5.41, 5.74) is 2.49. The Balaban J connectivity index is 2.22. The summed E-state index contributed by atoms with van der Waals surface area (Å²) in [6, 6.07) is 7.69. The number of nitrogens with one attached hydrogen (secondary N) is 1. The molecule has 1 aromatic carbocycles. The molecule has 3 nitrogen and oxygen atoms in total. The highest BCUT2D eigenvalue weighted by atomic mass is 35.5. The van der Waals surface area contributed by atoms with E-state index in [1.807, 2.05) is 31.2 Å². The molecule has 5 heteroatoms. The topological polar surface area (TPSA) is 41.8 Å². The fourth-order valence-corrected chi connectivity index (χ4v) is 2.76. The molecule has 2 heterocycles. The van der Waals surface area contributed by atoms with Crippen LogP contribution in [0.15, 0.2) is 28.7 Å². The van der Waals surface area contributed by atoms with Gasteiger partial charge in [-0.2, -0.15) is 0 Å². The number of aryl methyl sites for hydroxylation is 1. The van der Waals surface area contributed by atoms with E-state index < -0.39 is 0 Å². The molecule has 0 atom stereocenters. The third kappa shape index (κ3) is 2.61. The first-order chi connectivity index (χ1) is 10.1. The molecule has 3 aromatic rings. The first-order valence-electron chi connectivity index (χ1n) is 6.88. The Hall–Kier alpha value is -1.65. The van der Waals surface area contributed by atoms with Crippen LogP contribution in [0, 0.1) is 11.6 Å². The number of aromatic nitrogens is 2. The zero-order valence-electron chi connectivity index (χ0n) is 11.9. The van der Waals surface area contributed by atoms with Gasteiger partial charge in [0, 0.05) is 17.4 Å². The van der Waals surface area contributed by atoms with E-state index in [1.54, 1.807) is 0 Å². The predicted octanol–water partition coefficient (Wildman–Crippen LogP) is 5.47. The van der Waals surface area contributed by atoms with Crippen LogP contribution in [-0.4, -0.2) is 9.97 Å². The van der Waals surface area contributed by atoms with Crippen molar-refractivity contribution in [2.24, 2.45) is 0 Å². The summed E-state index contributed by atoms with van der Waals surface area (Å²) >= 11 is 11.5. The van der Waals surface area contributed by atoms with Crippen molar-refractivity contribution in [1.82, 2.24) is 9.97 Å². The molecule has 0 amide bonds. The van der Waals surface area contributed by atoms with Crippen LogP contribution in [0.25, 0.3) is 22.4 Å². The van der Waals surface area contributed by atoms with Gasteiger partial charge in [-0.3, -0.25) is 0 Å². The quantitative estimate of drug-likeness (QED) is 0.651. The average molecular weight is 319 g/mol. The molecule has 0 spiro atoms. The smallest absolute Gasteiger partial charge is 0.153 e. The SMILES string of the molecule is CCCc1nc(=S)c(C)c(-c2cc3cccc(Cl)c3o2)[nH]1. The molecule has 0 aliphatic heterocycles. The molecule has 0 saturated heterocycles. The minimum atomic E-state index is 0.609. The van der Waals surface area contributed by atoms with Crippen LogP contribution in [0.3, 0.4) is 0 Å². The van der Waals surface area contributed by atoms with Crippen LogP contribution in [-0.2, 0) is 6.42 Å². The van der Waals surface area contributed by atoms with Crippen molar-refractivity contribution < 1.29 is 4.42 Å². The lowest BCUT2D eigenvalue weighted by Crippen LogP contribution is -1.99. The fourth-order valence-electron chi connectivity index (χ4n) is 2.33. The number of benzene rings is 1. The van der Waals surface area contributed by atoms with E-state index in [0.717, 1.165) is 41.1 Å². The third-order valence-corrected chi connectivity index (χ3v) is 4.13. The van der Waals surface area contributed by atoms with Crippen molar-refractivity contribution in [3.8, 4) is 11.5 Å². The lowest BCUT2D eigenvalue weighted by Gasteiger charge is -2.06. The standard InChI is InChI=1S/C16H15ClN2OS/c1-3-5-13-18-14(9(2)16(21)19-13)12-8-10-6-4-7-11(17)15(10)20-12/h4,6-8H,3,5H2,1-2H3,(H,18,19,21). The molecule has 21 heavy (non-hydrogen) atoms. The predicted molar refractivity (Wildman–Crippen MR) is 88.4 cm³/mol. The van der Waals surface area contributed by atoms with Gasteiger partial charge in [0.2, 0.25) is 0 Å². The van der Waals surface area contributed by atoms with Gasteiger partial charge < -0.3 is 9.40 Å². The highest BCUT2D eigenvalue weighted by Gasteiger charge is 2.13. The minimum absolute atomic E-state index is 0.609. The molecule has 108 valence electrons. The molecular formula is C16H15ClN2OS. The number of para-hydroxylation sites is 1. The number of H-pyrrole nitrogens is 1. The summed E-state index contributed by atoms with van der Waals surface area (Å²) in [7, 11) is 0. The number of furan rings is 1. The van der Waals surface area contributed by atoms with Crippen molar-refractivity contribution in [2.45, 2.75) is 26.7 Å². The van der Waals surface area contributed by atoms with E-state index in [4.69, 9.17) is 28.2 Å². The van der Waals surface area contributed by atoms with E-state index in [0.29, 0.717) is 15.2 Å². The molecule has 0 aliphatic rings. The van der Waals surface area contributed by atoms with Gasteiger partial charge >= 0.3 is 0 Å². The average Bonchev–Trinajstić information content (AvgIpc) is 2.88. The Morgan fingerprint density at radius 3 is 2.90 bits per heavy atom. The van der Waals surface area contributed by atoms with Crippen LogP contribution in [0.4, 0.5) is 0 Å². The fraction of sp³-hybridized carbons (Fsp3) is 0.250. The van der Waals surface area contributed by atoms with Crippen molar-refractivity contribution in [3.05, 3.63) is 45.3 Å². The van der Waals surface area contributed by atoms with Crippen LogP contribution in [0.2, 0.25) is 5.02 Å². The molecule has 0 unspecified atom stereocenters. The first kappa shape index (κ1) is 14.3. The summed E-state index contributed by atoms with van der Waals surface area (Å²) in [6.07, 6.45) is 1.87. The van der Waals surface area contributed by atoms with E-state index in [9.17, 15) is 0 Å². The van der Waals surface area contributed by atoms with E-state index >= 15 is 0 Å². The van der Waals surface area contributed by atoms with Gasteiger partial charge in [0.05, 0.1) is 10.7 Å². The Kier molecular flexibility index (Phi) is 3.83. The van der Waals surface area contributed by atoms with E-state index in [2.05, 4.69) is 16.9 Å². The van der Waals surface area contributed by atoms with E-state index in [1.165, 1.54) is 0 Å². The number of fused-ring (bicyclic) bond motifs is 1. The Morgan fingerprint density at radius 2 is 2.19 bits per heavy atom. The molecule has 0 aliphatic carbocycles. The molecular weight excluding hydrogens is 304 g/mol. The Labute approximate surface area is 133 Å². The van der Waals surface area contributed by atoms with Crippen molar-refractivity contribution in [3.63, 3.8) is 0 Å². The monoisotopic (exact) mass is 318 g/mol. The normalized spacial score (nSPS) is 11.2. The van der Waals surface area contributed by atoms with Crippen LogP contribution < -0.4 is 0 Å². The summed E-state index contributed by atoms with van der Waals surface area (Å²) < 4.78 is 6.53. The second-order valence-electron chi connectivity index (χ2n) is 5.01. The highest BCUT2D eigenvalue weighted by molar-refractivity contribution is 7.71. The Morgan fingerprint density at radius 1 is 1.38 bits per heavy atom. The molecule has 2 aromatic heterocycles. The zero-order chi connectivity index (χ0) is 15.0. The highest BCUT2D eigenvalue weighted by Crippen LogP contribution is 2.32. The number of halogens is 1. The maximum atomic E-state index is 6.17. The molecule has 0 saturated carbocycles. The Bertz CT molecular complexity index is 866. The molecule has 0 radical (unpaired) electrons. The summed E-state index contributed by atoms with van der Waals surface area (Å²) in [5.74, 6) is 1.62. The maximum absolute atomic E-state index is 6.17. The van der Waals surface area contributed by atoms with Crippen LogP contribution in [0.5, 0.6) is 0 Å². The minimum Gasteiger partial charge on any atom is -0.453 e. The van der Waals surface area contributed by atoms with Gasteiger partial charge in [0.15, 0.2) is 11.3 Å². The number of hydrogen-bond acceptors (Lipinski definition) is 3. The van der Waals surface area contributed by atoms with Crippen LogP contribution in [0.1, 0.15) is 24.7 Å². The number of rotatable bonds is 3. The third-order valence-electron chi connectivity index (χ3n) is 3.43. The summed E-state index contributed by atoms with van der Waals surface area (Å²) in [4.78, 5) is 7.75. The van der Waals surface area contributed by atoms with Crippen molar-refractivity contribution >= 4 is 34.8 Å². The summed E-state index contributed by atoms with van der Waals surface area (Å²) in [5, 5.41) is 1.59. The van der Waals surface area contributed by atoms with Gasteiger partial charge in [-0.25, -0.2) is 4.98 Å².